The Balaban J connectivity index is 1.07. The number of rotatable bonds is 5. The molecule has 0 saturated heterocycles. The van der Waals surface area contributed by atoms with Gasteiger partial charge in [-0.2, -0.15) is 0 Å². The topological polar surface area (TPSA) is 65.0 Å². The predicted octanol–water partition coefficient (Wildman–Crippen LogP) is 12.0. The molecule has 0 spiro atoms. The first kappa shape index (κ1) is 28.2. The second-order valence-electron chi connectivity index (χ2n) is 12.4. The van der Waals surface area contributed by atoms with Gasteiger partial charge in [0.15, 0.2) is 17.5 Å². The van der Waals surface area contributed by atoms with E-state index in [1.54, 1.807) is 0 Å². The number of benzene rings is 7. The summed E-state index contributed by atoms with van der Waals surface area (Å²) in [4.78, 5) is 14.9. The molecule has 5 nitrogen and oxygen atoms in total. The molecule has 0 saturated carbocycles. The number of aromatic nitrogens is 3. The fourth-order valence-corrected chi connectivity index (χ4v) is 6.89. The van der Waals surface area contributed by atoms with Crippen molar-refractivity contribution in [1.82, 2.24) is 15.0 Å². The maximum absolute atomic E-state index is 6.55. The second-order valence-corrected chi connectivity index (χ2v) is 12.4. The van der Waals surface area contributed by atoms with Crippen LogP contribution in [-0.4, -0.2) is 15.0 Å². The molecule has 50 heavy (non-hydrogen) atoms. The van der Waals surface area contributed by atoms with Gasteiger partial charge in [0.2, 0.25) is 0 Å². The van der Waals surface area contributed by atoms with Gasteiger partial charge in [0.25, 0.3) is 0 Å². The third-order valence-corrected chi connectivity index (χ3v) is 9.36. The summed E-state index contributed by atoms with van der Waals surface area (Å²) in [6.07, 6.45) is 0. The Morgan fingerprint density at radius 1 is 0.300 bits per heavy atom. The van der Waals surface area contributed by atoms with Crippen LogP contribution in [0, 0.1) is 0 Å². The van der Waals surface area contributed by atoms with Crippen LogP contribution in [0.2, 0.25) is 0 Å². The molecule has 3 aromatic heterocycles. The van der Waals surface area contributed by atoms with Crippen LogP contribution in [0.25, 0.3) is 100 Å². The lowest BCUT2D eigenvalue weighted by Gasteiger charge is -2.09. The minimum Gasteiger partial charge on any atom is -0.456 e. The van der Waals surface area contributed by atoms with Crippen molar-refractivity contribution >= 4 is 43.9 Å². The predicted molar refractivity (Wildman–Crippen MR) is 202 cm³/mol. The monoisotopic (exact) mass is 641 g/mol. The van der Waals surface area contributed by atoms with Gasteiger partial charge in [-0.05, 0) is 58.7 Å². The minimum absolute atomic E-state index is 0.586. The van der Waals surface area contributed by atoms with Gasteiger partial charge in [-0.1, -0.05) is 127 Å². The summed E-state index contributed by atoms with van der Waals surface area (Å²) in [5.41, 5.74) is 10.5. The molecule has 0 fully saturated rings. The Bertz CT molecular complexity index is 2850. The number of furan rings is 2. The molecule has 234 valence electrons. The Labute approximate surface area is 287 Å². The minimum atomic E-state index is 0.586. The van der Waals surface area contributed by atoms with Gasteiger partial charge in [-0.15, -0.1) is 0 Å². The number of para-hydroxylation sites is 1. The molecule has 7 aromatic carbocycles. The summed E-state index contributed by atoms with van der Waals surface area (Å²) in [7, 11) is 0. The zero-order valence-electron chi connectivity index (χ0n) is 26.7. The van der Waals surface area contributed by atoms with Gasteiger partial charge in [0, 0.05) is 38.2 Å². The molecule has 0 atom stereocenters. The third-order valence-electron chi connectivity index (χ3n) is 9.36. The quantitative estimate of drug-likeness (QED) is 0.187. The van der Waals surface area contributed by atoms with Crippen molar-refractivity contribution in [3.05, 3.63) is 164 Å². The van der Waals surface area contributed by atoms with Gasteiger partial charge < -0.3 is 8.83 Å². The van der Waals surface area contributed by atoms with Crippen molar-refractivity contribution in [3.8, 4) is 56.4 Å². The molecule has 0 radical (unpaired) electrons. The van der Waals surface area contributed by atoms with E-state index in [0.717, 1.165) is 77.3 Å². The molecule has 5 heteroatoms. The van der Waals surface area contributed by atoms with Crippen LogP contribution >= 0.6 is 0 Å². The van der Waals surface area contributed by atoms with Crippen LogP contribution in [0.3, 0.4) is 0 Å². The SMILES string of the molecule is c1ccc(-c2ccc(-c3nc(-c4ccccc4)nc(-c4ccc5c(c4)oc4cc(-c6cccc7oc8ccccc8c67)ccc45)n3)cc2)cc1. The molecule has 0 aliphatic carbocycles. The molecular formula is C45H27N3O2. The molecular weight excluding hydrogens is 615 g/mol. The van der Waals surface area contributed by atoms with Crippen LogP contribution in [0.15, 0.2) is 173 Å². The normalized spacial score (nSPS) is 11.6. The van der Waals surface area contributed by atoms with Crippen molar-refractivity contribution in [2.75, 3.05) is 0 Å². The lowest BCUT2D eigenvalue weighted by Crippen LogP contribution is -2.00. The first-order valence-electron chi connectivity index (χ1n) is 16.6. The van der Waals surface area contributed by atoms with Crippen molar-refractivity contribution in [2.45, 2.75) is 0 Å². The Morgan fingerprint density at radius 2 is 0.780 bits per heavy atom. The fraction of sp³-hybridized carbons (Fsp3) is 0. The van der Waals surface area contributed by atoms with Gasteiger partial charge >= 0.3 is 0 Å². The molecule has 0 amide bonds. The van der Waals surface area contributed by atoms with Gasteiger partial charge in [-0.25, -0.2) is 15.0 Å². The zero-order valence-corrected chi connectivity index (χ0v) is 26.7. The van der Waals surface area contributed by atoms with Crippen LogP contribution < -0.4 is 0 Å². The summed E-state index contributed by atoms with van der Waals surface area (Å²) in [6.45, 7) is 0. The highest BCUT2D eigenvalue weighted by molar-refractivity contribution is 6.13. The first-order valence-corrected chi connectivity index (χ1v) is 16.6. The standard InChI is InChI=1S/C45H27N3O2/c1-3-10-28(11-4-1)29-18-20-31(21-19-29)44-46-43(30-12-5-2-6-13-30)47-45(48-44)33-23-25-36-35-24-22-32(26-40(35)50-41(36)27-33)34-15-9-17-39-42(34)37-14-7-8-16-38(37)49-39/h1-27H. The summed E-state index contributed by atoms with van der Waals surface area (Å²) in [5, 5.41) is 4.30. The Kier molecular flexibility index (Phi) is 6.42. The highest BCUT2D eigenvalue weighted by Gasteiger charge is 2.17. The molecule has 0 bridgehead atoms. The Hall–Kier alpha value is -6.85. The zero-order chi connectivity index (χ0) is 33.0. The largest absolute Gasteiger partial charge is 0.456 e. The highest BCUT2D eigenvalue weighted by Crippen LogP contribution is 2.39. The van der Waals surface area contributed by atoms with Crippen LogP contribution in [-0.2, 0) is 0 Å². The van der Waals surface area contributed by atoms with Gasteiger partial charge in [-0.3, -0.25) is 0 Å². The van der Waals surface area contributed by atoms with Gasteiger partial charge in [0.1, 0.15) is 22.3 Å². The molecule has 0 aliphatic heterocycles. The van der Waals surface area contributed by atoms with Crippen LogP contribution in [0.1, 0.15) is 0 Å². The average Bonchev–Trinajstić information content (AvgIpc) is 3.76. The molecule has 3 heterocycles. The number of nitrogens with zero attached hydrogens (tertiary/aromatic N) is 3. The summed E-state index contributed by atoms with van der Waals surface area (Å²) >= 11 is 0. The van der Waals surface area contributed by atoms with E-state index in [9.17, 15) is 0 Å². The second kappa shape index (κ2) is 11.4. The maximum Gasteiger partial charge on any atom is 0.164 e. The van der Waals surface area contributed by atoms with Crippen molar-refractivity contribution < 1.29 is 8.83 Å². The molecule has 0 N–H and O–H groups in total. The molecule has 0 unspecified atom stereocenters. The maximum atomic E-state index is 6.55. The van der Waals surface area contributed by atoms with E-state index >= 15 is 0 Å². The van der Waals surface area contributed by atoms with Crippen LogP contribution in [0.5, 0.6) is 0 Å². The van der Waals surface area contributed by atoms with Gasteiger partial charge in [0.05, 0.1) is 0 Å². The summed E-state index contributed by atoms with van der Waals surface area (Å²) in [5.74, 6) is 1.82. The van der Waals surface area contributed by atoms with E-state index in [1.165, 1.54) is 5.56 Å². The molecule has 10 aromatic rings. The van der Waals surface area contributed by atoms with Crippen molar-refractivity contribution in [3.63, 3.8) is 0 Å². The number of hydrogen-bond acceptors (Lipinski definition) is 5. The molecule has 0 aliphatic rings. The fourth-order valence-electron chi connectivity index (χ4n) is 6.89. The van der Waals surface area contributed by atoms with E-state index in [1.807, 2.05) is 72.8 Å². The highest BCUT2D eigenvalue weighted by atomic mass is 16.3. The van der Waals surface area contributed by atoms with Crippen molar-refractivity contribution in [1.29, 1.82) is 0 Å². The van der Waals surface area contributed by atoms with E-state index in [4.69, 9.17) is 23.8 Å². The lowest BCUT2D eigenvalue weighted by molar-refractivity contribution is 0.668. The average molecular weight is 642 g/mol. The Morgan fingerprint density at radius 3 is 1.50 bits per heavy atom. The smallest absolute Gasteiger partial charge is 0.164 e. The van der Waals surface area contributed by atoms with Crippen LogP contribution in [0.4, 0.5) is 0 Å². The van der Waals surface area contributed by atoms with E-state index < -0.39 is 0 Å². The molecule has 10 rings (SSSR count). The van der Waals surface area contributed by atoms with Crippen molar-refractivity contribution in [2.24, 2.45) is 0 Å². The number of hydrogen-bond donors (Lipinski definition) is 0. The summed E-state index contributed by atoms with van der Waals surface area (Å²) in [6, 6.07) is 55.8. The van der Waals surface area contributed by atoms with E-state index in [-0.39, 0.29) is 0 Å². The first-order chi connectivity index (χ1) is 24.7. The third kappa shape index (κ3) is 4.75. The lowest BCUT2D eigenvalue weighted by atomic mass is 9.98. The van der Waals surface area contributed by atoms with E-state index in [0.29, 0.717) is 17.5 Å². The summed E-state index contributed by atoms with van der Waals surface area (Å²) < 4.78 is 12.7. The number of fused-ring (bicyclic) bond motifs is 6. The van der Waals surface area contributed by atoms with E-state index in [2.05, 4.69) is 91.0 Å².